The number of carbonyl (C=O) groups is 2. The van der Waals surface area contributed by atoms with Crippen molar-refractivity contribution in [3.05, 3.63) is 10.9 Å². The van der Waals surface area contributed by atoms with Crippen LogP contribution in [0.5, 0.6) is 0 Å². The van der Waals surface area contributed by atoms with Crippen LogP contribution in [0.25, 0.3) is 0 Å². The molecular formula is C8H7NO3S2. The van der Waals surface area contributed by atoms with Gasteiger partial charge in [0.25, 0.3) is 0 Å². The lowest BCUT2D eigenvalue weighted by Gasteiger charge is -2.09. The first-order valence-electron chi connectivity index (χ1n) is 3.85. The minimum absolute atomic E-state index is 0.0271. The molecule has 1 amide bonds. The lowest BCUT2D eigenvalue weighted by Crippen LogP contribution is -2.16. The highest BCUT2D eigenvalue weighted by Gasteiger charge is 2.21. The van der Waals surface area contributed by atoms with Crippen molar-refractivity contribution in [1.29, 1.82) is 0 Å². The molecule has 0 aliphatic carbocycles. The summed E-state index contributed by atoms with van der Waals surface area (Å²) in [6, 6.07) is 1.75. The van der Waals surface area contributed by atoms with Crippen LogP contribution in [0.15, 0.2) is 11.0 Å². The summed E-state index contributed by atoms with van der Waals surface area (Å²) in [5, 5.41) is 3.45. The molecule has 0 atom stereocenters. The number of amides is 1. The zero-order chi connectivity index (χ0) is 10.1. The number of fused-ring (bicyclic) bond motifs is 1. The summed E-state index contributed by atoms with van der Waals surface area (Å²) in [4.78, 5) is 23.7. The van der Waals surface area contributed by atoms with Gasteiger partial charge in [-0.1, -0.05) is 0 Å². The van der Waals surface area contributed by atoms with Crippen LogP contribution >= 0.6 is 23.1 Å². The van der Waals surface area contributed by atoms with E-state index in [1.54, 1.807) is 6.07 Å². The molecule has 0 bridgehead atoms. The molecule has 2 heterocycles. The number of thiophene rings is 1. The van der Waals surface area contributed by atoms with Crippen molar-refractivity contribution in [3.8, 4) is 0 Å². The summed E-state index contributed by atoms with van der Waals surface area (Å²) in [6.45, 7) is 0. The lowest BCUT2D eigenvalue weighted by molar-refractivity contribution is -0.113. The number of esters is 1. The monoisotopic (exact) mass is 229 g/mol. The van der Waals surface area contributed by atoms with E-state index in [1.807, 2.05) is 0 Å². The van der Waals surface area contributed by atoms with Gasteiger partial charge in [0.15, 0.2) is 0 Å². The van der Waals surface area contributed by atoms with Gasteiger partial charge in [-0.2, -0.15) is 0 Å². The molecule has 2 rings (SSSR count). The summed E-state index contributed by atoms with van der Waals surface area (Å²) in [7, 11) is 1.34. The van der Waals surface area contributed by atoms with Crippen molar-refractivity contribution in [1.82, 2.24) is 0 Å². The van der Waals surface area contributed by atoms with Crippen molar-refractivity contribution < 1.29 is 14.3 Å². The summed E-state index contributed by atoms with van der Waals surface area (Å²) in [6.07, 6.45) is 0. The number of rotatable bonds is 1. The Kier molecular flexibility index (Phi) is 2.47. The molecule has 74 valence electrons. The highest BCUT2D eigenvalue weighted by atomic mass is 32.2. The average Bonchev–Trinajstić information content (AvgIpc) is 2.59. The third-order valence-corrected chi connectivity index (χ3v) is 3.90. The number of thioether (sulfide) groups is 1. The Balaban J connectivity index is 2.32. The summed E-state index contributed by atoms with van der Waals surface area (Å²) >= 11 is 2.68. The van der Waals surface area contributed by atoms with Gasteiger partial charge >= 0.3 is 5.97 Å². The maximum Gasteiger partial charge on any atom is 0.348 e. The third-order valence-electron chi connectivity index (χ3n) is 1.70. The highest BCUT2D eigenvalue weighted by Crippen LogP contribution is 2.38. The van der Waals surface area contributed by atoms with Gasteiger partial charge in [-0.25, -0.2) is 4.79 Å². The maximum atomic E-state index is 11.2. The molecule has 1 aliphatic rings. The van der Waals surface area contributed by atoms with Crippen LogP contribution < -0.4 is 5.32 Å². The zero-order valence-electron chi connectivity index (χ0n) is 7.33. The number of ether oxygens (including phenoxy) is 1. The van der Waals surface area contributed by atoms with Crippen LogP contribution in [-0.2, 0) is 9.53 Å². The molecule has 6 heteroatoms. The highest BCUT2D eigenvalue weighted by molar-refractivity contribution is 8.00. The van der Waals surface area contributed by atoms with E-state index in [0.29, 0.717) is 10.6 Å². The van der Waals surface area contributed by atoms with Gasteiger partial charge in [0.1, 0.15) is 9.88 Å². The Labute approximate surface area is 88.6 Å². The summed E-state index contributed by atoms with van der Waals surface area (Å²) in [5.74, 6) is 0.0182. The van der Waals surface area contributed by atoms with E-state index in [4.69, 9.17) is 0 Å². The SMILES string of the molecule is COC(=O)c1cc2c(s1)NC(=O)CS2. The number of hydrogen-bond acceptors (Lipinski definition) is 5. The fourth-order valence-corrected chi connectivity index (χ4v) is 3.08. The van der Waals surface area contributed by atoms with Gasteiger partial charge in [-0.3, -0.25) is 4.79 Å². The average molecular weight is 229 g/mol. The second kappa shape index (κ2) is 3.62. The fraction of sp³-hybridized carbons (Fsp3) is 0.250. The van der Waals surface area contributed by atoms with Crippen LogP contribution in [0.3, 0.4) is 0 Å². The van der Waals surface area contributed by atoms with Crippen molar-refractivity contribution in [2.45, 2.75) is 4.90 Å². The molecule has 0 fully saturated rings. The van der Waals surface area contributed by atoms with E-state index in [0.717, 1.165) is 9.90 Å². The van der Waals surface area contributed by atoms with Crippen LogP contribution in [-0.4, -0.2) is 24.7 Å². The smallest absolute Gasteiger partial charge is 0.348 e. The van der Waals surface area contributed by atoms with Gasteiger partial charge in [0, 0.05) is 4.90 Å². The molecule has 0 saturated carbocycles. The van der Waals surface area contributed by atoms with E-state index < -0.39 is 0 Å². The Morgan fingerprint density at radius 1 is 1.64 bits per heavy atom. The van der Waals surface area contributed by atoms with Crippen molar-refractivity contribution in [2.24, 2.45) is 0 Å². The van der Waals surface area contributed by atoms with Crippen molar-refractivity contribution in [2.75, 3.05) is 18.2 Å². The minimum atomic E-state index is -0.362. The summed E-state index contributed by atoms with van der Waals surface area (Å²) < 4.78 is 4.59. The summed E-state index contributed by atoms with van der Waals surface area (Å²) in [5.41, 5.74) is 0. The molecule has 0 spiro atoms. The normalized spacial score (nSPS) is 14.5. The topological polar surface area (TPSA) is 55.4 Å². The quantitative estimate of drug-likeness (QED) is 0.743. The first-order valence-corrected chi connectivity index (χ1v) is 5.65. The van der Waals surface area contributed by atoms with Crippen molar-refractivity contribution >= 4 is 40.0 Å². The molecule has 1 aromatic rings. The lowest BCUT2D eigenvalue weighted by atomic mass is 10.4. The van der Waals surface area contributed by atoms with E-state index in [1.165, 1.54) is 30.2 Å². The second-order valence-corrected chi connectivity index (χ2v) is 4.70. The van der Waals surface area contributed by atoms with Gasteiger partial charge < -0.3 is 10.1 Å². The van der Waals surface area contributed by atoms with Crippen LogP contribution in [0.1, 0.15) is 9.67 Å². The van der Waals surface area contributed by atoms with Gasteiger partial charge in [0.05, 0.1) is 12.9 Å². The van der Waals surface area contributed by atoms with Crippen LogP contribution in [0.4, 0.5) is 5.00 Å². The molecule has 0 aromatic carbocycles. The van der Waals surface area contributed by atoms with Crippen molar-refractivity contribution in [3.63, 3.8) is 0 Å². The molecule has 14 heavy (non-hydrogen) atoms. The number of methoxy groups -OCH3 is 1. The largest absolute Gasteiger partial charge is 0.465 e. The first-order chi connectivity index (χ1) is 6.70. The number of anilines is 1. The van der Waals surface area contributed by atoms with Crippen LogP contribution in [0, 0.1) is 0 Å². The molecule has 1 aliphatic heterocycles. The Hall–Kier alpha value is -1.01. The van der Waals surface area contributed by atoms with E-state index in [-0.39, 0.29) is 11.9 Å². The van der Waals surface area contributed by atoms with Gasteiger partial charge in [-0.15, -0.1) is 23.1 Å². The Bertz CT molecular complexity index is 399. The van der Waals surface area contributed by atoms with Gasteiger partial charge in [-0.05, 0) is 6.07 Å². The molecule has 1 N–H and O–H groups in total. The zero-order valence-corrected chi connectivity index (χ0v) is 8.96. The second-order valence-electron chi connectivity index (χ2n) is 2.63. The van der Waals surface area contributed by atoms with E-state index in [2.05, 4.69) is 10.1 Å². The third kappa shape index (κ3) is 1.62. The number of carbonyl (C=O) groups excluding carboxylic acids is 2. The maximum absolute atomic E-state index is 11.2. The molecule has 0 unspecified atom stereocenters. The first kappa shape index (κ1) is 9.54. The standard InChI is InChI=1S/C8H7NO3S2/c1-12-8(11)5-2-4-7(14-5)9-6(10)3-13-4/h2H,3H2,1H3,(H,9,10). The molecule has 1 aromatic heterocycles. The predicted octanol–water partition coefficient (Wildman–Crippen LogP) is 1.58. The molecule has 0 radical (unpaired) electrons. The predicted molar refractivity (Wildman–Crippen MR) is 55.0 cm³/mol. The van der Waals surface area contributed by atoms with Crippen LogP contribution in [0.2, 0.25) is 0 Å². The minimum Gasteiger partial charge on any atom is -0.465 e. The van der Waals surface area contributed by atoms with Gasteiger partial charge in [0.2, 0.25) is 5.91 Å². The Morgan fingerprint density at radius 2 is 2.43 bits per heavy atom. The molecule has 0 saturated heterocycles. The molecular weight excluding hydrogens is 222 g/mol. The number of nitrogens with one attached hydrogen (secondary N) is 1. The number of hydrogen-bond donors (Lipinski definition) is 1. The van der Waals surface area contributed by atoms with E-state index in [9.17, 15) is 9.59 Å². The Morgan fingerprint density at radius 3 is 3.14 bits per heavy atom. The van der Waals surface area contributed by atoms with E-state index >= 15 is 0 Å². The molecule has 4 nitrogen and oxygen atoms in total. The fourth-order valence-electron chi connectivity index (χ4n) is 1.08.